The van der Waals surface area contributed by atoms with Crippen LogP contribution in [0, 0.1) is 0 Å². The molecule has 0 aliphatic rings. The average molecular weight is 168 g/mol. The van der Waals surface area contributed by atoms with Crippen LogP contribution in [0.1, 0.15) is 19.0 Å². The van der Waals surface area contributed by atoms with Gasteiger partial charge in [-0.15, -0.1) is 0 Å². The van der Waals surface area contributed by atoms with Gasteiger partial charge in [0.05, 0.1) is 12.1 Å². The Balaban J connectivity index is 2.68. The molecule has 1 aromatic heterocycles. The van der Waals surface area contributed by atoms with Crippen molar-refractivity contribution >= 4 is 11.5 Å². The van der Waals surface area contributed by atoms with Crippen LogP contribution in [0.4, 0.5) is 5.69 Å². The first-order valence-corrected chi connectivity index (χ1v) is 3.90. The van der Waals surface area contributed by atoms with E-state index in [1.807, 2.05) is 6.92 Å². The summed E-state index contributed by atoms with van der Waals surface area (Å²) in [5.41, 5.74) is 1.47. The van der Waals surface area contributed by atoms with E-state index >= 15 is 0 Å². The van der Waals surface area contributed by atoms with Crippen LogP contribution in [0.5, 0.6) is 0 Å². The number of rotatable bonds is 4. The summed E-state index contributed by atoms with van der Waals surface area (Å²) in [5.74, 6) is 0.167. The average Bonchev–Trinajstić information content (AvgIpc) is 2.51. The summed E-state index contributed by atoms with van der Waals surface area (Å²) >= 11 is 0. The Hall–Kier alpha value is -1.32. The topological polar surface area (TPSA) is 55.1 Å². The van der Waals surface area contributed by atoms with E-state index in [1.54, 1.807) is 7.05 Å². The minimum absolute atomic E-state index is 0.167. The standard InChI is InChI=1S/C8H12N2O2/c1-3-6(11)4-7-8(9-2)5-12-10-7/h5,9H,3-4H2,1-2H3. The molecule has 0 saturated carbocycles. The number of ketones is 1. The zero-order chi connectivity index (χ0) is 8.97. The molecular weight excluding hydrogens is 156 g/mol. The first kappa shape index (κ1) is 8.77. The number of aromatic nitrogens is 1. The quantitative estimate of drug-likeness (QED) is 0.734. The highest BCUT2D eigenvalue weighted by Gasteiger charge is 2.09. The lowest BCUT2D eigenvalue weighted by molar-refractivity contribution is -0.118. The zero-order valence-electron chi connectivity index (χ0n) is 7.26. The van der Waals surface area contributed by atoms with E-state index in [0.29, 0.717) is 18.5 Å². The van der Waals surface area contributed by atoms with Crippen molar-refractivity contribution in [2.75, 3.05) is 12.4 Å². The number of anilines is 1. The predicted octanol–water partition coefficient (Wildman–Crippen LogP) is 1.24. The molecule has 1 rings (SSSR count). The molecule has 1 aromatic rings. The molecule has 0 bridgehead atoms. The Kier molecular flexibility index (Phi) is 2.85. The van der Waals surface area contributed by atoms with E-state index < -0.39 is 0 Å². The monoisotopic (exact) mass is 168 g/mol. The number of Topliss-reactive ketones (excluding diaryl/α,β-unsaturated/α-hetero) is 1. The summed E-state index contributed by atoms with van der Waals surface area (Å²) in [6.45, 7) is 1.83. The van der Waals surface area contributed by atoms with E-state index in [1.165, 1.54) is 6.26 Å². The van der Waals surface area contributed by atoms with Crippen molar-refractivity contribution in [2.45, 2.75) is 19.8 Å². The van der Waals surface area contributed by atoms with Crippen molar-refractivity contribution in [1.82, 2.24) is 5.16 Å². The molecule has 0 aliphatic heterocycles. The van der Waals surface area contributed by atoms with Gasteiger partial charge in [-0.1, -0.05) is 12.1 Å². The zero-order valence-corrected chi connectivity index (χ0v) is 7.26. The van der Waals surface area contributed by atoms with Gasteiger partial charge in [0, 0.05) is 13.5 Å². The van der Waals surface area contributed by atoms with Crippen LogP contribution in [0.25, 0.3) is 0 Å². The van der Waals surface area contributed by atoms with Gasteiger partial charge in [0.1, 0.15) is 17.7 Å². The third-order valence-electron chi connectivity index (χ3n) is 1.67. The Morgan fingerprint density at radius 1 is 1.75 bits per heavy atom. The van der Waals surface area contributed by atoms with Crippen LogP contribution in [0.2, 0.25) is 0 Å². The van der Waals surface area contributed by atoms with Gasteiger partial charge in [-0.3, -0.25) is 4.79 Å². The molecule has 1 heterocycles. The second kappa shape index (κ2) is 3.90. The molecule has 0 aromatic carbocycles. The van der Waals surface area contributed by atoms with Crippen LogP contribution in [-0.2, 0) is 11.2 Å². The van der Waals surface area contributed by atoms with E-state index in [0.717, 1.165) is 5.69 Å². The number of carbonyl (C=O) groups is 1. The smallest absolute Gasteiger partial charge is 0.147 e. The second-order valence-electron chi connectivity index (χ2n) is 2.49. The molecule has 4 heteroatoms. The molecule has 0 spiro atoms. The van der Waals surface area contributed by atoms with Crippen molar-refractivity contribution in [2.24, 2.45) is 0 Å². The van der Waals surface area contributed by atoms with Crippen molar-refractivity contribution in [3.05, 3.63) is 12.0 Å². The first-order valence-electron chi connectivity index (χ1n) is 3.90. The summed E-state index contributed by atoms with van der Waals surface area (Å²) in [5, 5.41) is 6.61. The van der Waals surface area contributed by atoms with Crippen molar-refractivity contribution < 1.29 is 9.32 Å². The maximum atomic E-state index is 11.0. The van der Waals surface area contributed by atoms with Gasteiger partial charge in [-0.25, -0.2) is 0 Å². The SMILES string of the molecule is CCC(=O)Cc1nocc1NC. The lowest BCUT2D eigenvalue weighted by atomic mass is 10.2. The summed E-state index contributed by atoms with van der Waals surface area (Å²) in [7, 11) is 1.77. The molecule has 4 nitrogen and oxygen atoms in total. The minimum Gasteiger partial charge on any atom is -0.384 e. The largest absolute Gasteiger partial charge is 0.384 e. The first-order chi connectivity index (χ1) is 5.77. The fourth-order valence-corrected chi connectivity index (χ4v) is 0.902. The highest BCUT2D eigenvalue weighted by molar-refractivity contribution is 5.81. The van der Waals surface area contributed by atoms with Gasteiger partial charge in [-0.2, -0.15) is 0 Å². The van der Waals surface area contributed by atoms with Crippen LogP contribution in [-0.4, -0.2) is 18.0 Å². The molecule has 12 heavy (non-hydrogen) atoms. The number of nitrogens with one attached hydrogen (secondary N) is 1. The Morgan fingerprint density at radius 3 is 3.08 bits per heavy atom. The minimum atomic E-state index is 0.167. The van der Waals surface area contributed by atoms with Crippen molar-refractivity contribution in [3.8, 4) is 0 Å². The summed E-state index contributed by atoms with van der Waals surface area (Å²) in [6, 6.07) is 0. The summed E-state index contributed by atoms with van der Waals surface area (Å²) in [6.07, 6.45) is 2.39. The maximum absolute atomic E-state index is 11.0. The molecule has 66 valence electrons. The summed E-state index contributed by atoms with van der Waals surface area (Å²) in [4.78, 5) is 11.0. The third kappa shape index (κ3) is 1.84. The number of nitrogens with zero attached hydrogens (tertiary/aromatic N) is 1. The van der Waals surface area contributed by atoms with Crippen LogP contribution in [0.15, 0.2) is 10.8 Å². The van der Waals surface area contributed by atoms with Crippen molar-refractivity contribution in [1.29, 1.82) is 0 Å². The predicted molar refractivity (Wildman–Crippen MR) is 45.1 cm³/mol. The lowest BCUT2D eigenvalue weighted by Crippen LogP contribution is -2.03. The molecule has 0 fully saturated rings. The highest BCUT2D eigenvalue weighted by atomic mass is 16.5. The fraction of sp³-hybridized carbons (Fsp3) is 0.500. The van der Waals surface area contributed by atoms with Gasteiger partial charge in [-0.05, 0) is 0 Å². The van der Waals surface area contributed by atoms with E-state index in [2.05, 4.69) is 10.5 Å². The molecule has 0 radical (unpaired) electrons. The Bertz CT molecular complexity index is 268. The van der Waals surface area contributed by atoms with Gasteiger partial charge in [0.25, 0.3) is 0 Å². The van der Waals surface area contributed by atoms with Crippen LogP contribution in [0.3, 0.4) is 0 Å². The summed E-state index contributed by atoms with van der Waals surface area (Å²) < 4.78 is 4.72. The molecule has 0 saturated heterocycles. The lowest BCUT2D eigenvalue weighted by Gasteiger charge is -1.96. The molecule has 0 aliphatic carbocycles. The van der Waals surface area contributed by atoms with Gasteiger partial charge < -0.3 is 9.84 Å². The highest BCUT2D eigenvalue weighted by Crippen LogP contribution is 2.13. The van der Waals surface area contributed by atoms with E-state index in [4.69, 9.17) is 4.52 Å². The molecule has 1 N–H and O–H groups in total. The number of hydrogen-bond donors (Lipinski definition) is 1. The van der Waals surface area contributed by atoms with E-state index in [9.17, 15) is 4.79 Å². The van der Waals surface area contributed by atoms with Crippen LogP contribution >= 0.6 is 0 Å². The van der Waals surface area contributed by atoms with Gasteiger partial charge in [0.15, 0.2) is 0 Å². The van der Waals surface area contributed by atoms with Gasteiger partial charge in [0.2, 0.25) is 0 Å². The van der Waals surface area contributed by atoms with Crippen molar-refractivity contribution in [3.63, 3.8) is 0 Å². The molecule has 0 unspecified atom stereocenters. The Morgan fingerprint density at radius 2 is 2.50 bits per heavy atom. The van der Waals surface area contributed by atoms with Gasteiger partial charge >= 0.3 is 0 Å². The molecule has 0 amide bonds. The van der Waals surface area contributed by atoms with E-state index in [-0.39, 0.29) is 5.78 Å². The Labute approximate surface area is 70.9 Å². The fourth-order valence-electron chi connectivity index (χ4n) is 0.902. The third-order valence-corrected chi connectivity index (χ3v) is 1.67. The maximum Gasteiger partial charge on any atom is 0.147 e. The second-order valence-corrected chi connectivity index (χ2v) is 2.49. The normalized spacial score (nSPS) is 9.83. The molecular formula is C8H12N2O2. The molecule has 0 atom stereocenters. The number of hydrogen-bond acceptors (Lipinski definition) is 4. The van der Waals surface area contributed by atoms with Crippen LogP contribution < -0.4 is 5.32 Å². The number of carbonyl (C=O) groups excluding carboxylic acids is 1.